The Morgan fingerprint density at radius 1 is 0.628 bits per heavy atom. The van der Waals surface area contributed by atoms with E-state index in [0.717, 1.165) is 62.3 Å². The summed E-state index contributed by atoms with van der Waals surface area (Å²) in [4.78, 5) is 17.0. The highest BCUT2D eigenvalue weighted by Gasteiger charge is 2.22. The Bertz CT molecular complexity index is 1540. The number of aromatic hydroxyl groups is 4. The molecule has 0 radical (unpaired) electrons. The van der Waals surface area contributed by atoms with E-state index in [-0.39, 0.29) is 23.5 Å². The molecule has 0 aliphatic heterocycles. The normalized spacial score (nSPS) is 11.2. The molecule has 0 bridgehead atoms. The molecule has 12 heteroatoms. The summed E-state index contributed by atoms with van der Waals surface area (Å²) in [6, 6.07) is 21.1. The van der Waals surface area contributed by atoms with E-state index in [9.17, 15) is 20.4 Å². The molecule has 0 saturated carbocycles. The molecule has 224 valence electrons. The van der Waals surface area contributed by atoms with Crippen molar-refractivity contribution in [3.05, 3.63) is 72.8 Å². The standard InChI is InChI=1S/C31H34N6O4S2/c1-3-5-17-35(18-6-4-2)29-32-30(42-23-19-25(38)36(27(23)40)21-13-9-7-10-14-21)34-31(33-29)43-24-20-26(39)37(28(24)41)22-15-11-8-12-16-22/h7-16,19-20,38-41H,3-6,17-18H2,1-2H3. The summed E-state index contributed by atoms with van der Waals surface area (Å²) >= 11 is 2.21. The highest BCUT2D eigenvalue weighted by Crippen LogP contribution is 2.43. The summed E-state index contributed by atoms with van der Waals surface area (Å²) < 4.78 is 2.70. The van der Waals surface area contributed by atoms with Gasteiger partial charge in [0.1, 0.15) is 0 Å². The molecule has 0 spiro atoms. The molecule has 0 aliphatic rings. The molecule has 0 saturated heterocycles. The van der Waals surface area contributed by atoms with Gasteiger partial charge in [-0.25, -0.2) is 0 Å². The van der Waals surface area contributed by atoms with Gasteiger partial charge in [-0.2, -0.15) is 15.0 Å². The molecular weight excluding hydrogens is 585 g/mol. The van der Waals surface area contributed by atoms with Gasteiger partial charge in [0.25, 0.3) is 0 Å². The average molecular weight is 619 g/mol. The van der Waals surface area contributed by atoms with Crippen LogP contribution in [0.2, 0.25) is 0 Å². The molecule has 10 nitrogen and oxygen atoms in total. The van der Waals surface area contributed by atoms with Crippen molar-refractivity contribution in [1.29, 1.82) is 0 Å². The molecule has 43 heavy (non-hydrogen) atoms. The van der Waals surface area contributed by atoms with Crippen LogP contribution in [0.4, 0.5) is 5.95 Å². The second-order valence-electron chi connectivity index (χ2n) is 9.82. The van der Waals surface area contributed by atoms with Crippen molar-refractivity contribution >= 4 is 29.5 Å². The van der Waals surface area contributed by atoms with Gasteiger partial charge in [-0.3, -0.25) is 9.13 Å². The predicted molar refractivity (Wildman–Crippen MR) is 168 cm³/mol. The Kier molecular flexibility index (Phi) is 9.68. The number of anilines is 1. The molecule has 5 aromatic rings. The van der Waals surface area contributed by atoms with Gasteiger partial charge in [0.05, 0.1) is 21.2 Å². The van der Waals surface area contributed by atoms with Crippen LogP contribution in [0.15, 0.2) is 92.9 Å². The minimum atomic E-state index is -0.138. The number of aromatic nitrogens is 5. The summed E-state index contributed by atoms with van der Waals surface area (Å²) in [5.74, 6) is -0.0304. The highest BCUT2D eigenvalue weighted by atomic mass is 32.2. The van der Waals surface area contributed by atoms with Crippen LogP contribution in [-0.2, 0) is 0 Å². The third kappa shape index (κ3) is 6.86. The fourth-order valence-corrected chi connectivity index (χ4v) is 6.17. The lowest BCUT2D eigenvalue weighted by atomic mass is 10.3. The monoisotopic (exact) mass is 618 g/mol. The zero-order valence-electron chi connectivity index (χ0n) is 24.0. The first kappa shape index (κ1) is 30.2. The lowest BCUT2D eigenvalue weighted by molar-refractivity contribution is 0.397. The van der Waals surface area contributed by atoms with E-state index in [2.05, 4.69) is 23.7 Å². The van der Waals surface area contributed by atoms with Gasteiger partial charge in [0, 0.05) is 25.2 Å². The van der Waals surface area contributed by atoms with Crippen molar-refractivity contribution in [3.8, 4) is 34.9 Å². The van der Waals surface area contributed by atoms with Crippen molar-refractivity contribution in [2.45, 2.75) is 59.6 Å². The molecule has 3 heterocycles. The third-order valence-corrected chi connectivity index (χ3v) is 8.47. The SMILES string of the molecule is CCCCN(CCCC)c1nc(Sc2cc(O)n(-c3ccccc3)c2O)nc(Sc2cc(O)n(-c3ccccc3)c2O)n1. The first-order valence-electron chi connectivity index (χ1n) is 14.1. The van der Waals surface area contributed by atoms with E-state index < -0.39 is 0 Å². The maximum Gasteiger partial charge on any atom is 0.230 e. The maximum absolute atomic E-state index is 11.0. The van der Waals surface area contributed by atoms with Crippen molar-refractivity contribution in [2.24, 2.45) is 0 Å². The van der Waals surface area contributed by atoms with Crippen molar-refractivity contribution in [2.75, 3.05) is 18.0 Å². The van der Waals surface area contributed by atoms with E-state index in [4.69, 9.17) is 9.97 Å². The predicted octanol–water partition coefficient (Wildman–Crippen LogP) is 6.98. The third-order valence-electron chi connectivity index (χ3n) is 6.70. The molecule has 0 aliphatic carbocycles. The van der Waals surface area contributed by atoms with Gasteiger partial charge in [0.15, 0.2) is 22.1 Å². The Balaban J connectivity index is 1.53. The largest absolute Gasteiger partial charge is 0.494 e. The first-order valence-corrected chi connectivity index (χ1v) is 15.8. The molecule has 3 aromatic heterocycles. The molecule has 2 aromatic carbocycles. The fourth-order valence-electron chi connectivity index (χ4n) is 4.51. The smallest absolute Gasteiger partial charge is 0.230 e. The second kappa shape index (κ2) is 13.8. The Hall–Kier alpha value is -4.29. The number of para-hydroxylation sites is 2. The van der Waals surface area contributed by atoms with Crippen LogP contribution in [0.25, 0.3) is 11.4 Å². The van der Waals surface area contributed by atoms with Crippen molar-refractivity contribution in [3.63, 3.8) is 0 Å². The van der Waals surface area contributed by atoms with Crippen LogP contribution in [0, 0.1) is 0 Å². The number of benzene rings is 2. The minimum Gasteiger partial charge on any atom is -0.494 e. The fraction of sp³-hybridized carbons (Fsp3) is 0.258. The quantitative estimate of drug-likeness (QED) is 0.109. The van der Waals surface area contributed by atoms with Crippen molar-refractivity contribution in [1.82, 2.24) is 24.1 Å². The van der Waals surface area contributed by atoms with Gasteiger partial charge in [-0.1, -0.05) is 63.1 Å². The van der Waals surface area contributed by atoms with Gasteiger partial charge in [0.2, 0.25) is 17.7 Å². The highest BCUT2D eigenvalue weighted by molar-refractivity contribution is 8.00. The van der Waals surface area contributed by atoms with Crippen LogP contribution < -0.4 is 4.90 Å². The minimum absolute atomic E-state index is 0.120. The lowest BCUT2D eigenvalue weighted by Crippen LogP contribution is -2.28. The summed E-state index contributed by atoms with van der Waals surface area (Å²) in [6.45, 7) is 5.80. The number of hydrogen-bond acceptors (Lipinski definition) is 10. The zero-order chi connectivity index (χ0) is 30.3. The molecule has 4 N–H and O–H groups in total. The van der Waals surface area contributed by atoms with Crippen LogP contribution in [0.5, 0.6) is 23.5 Å². The van der Waals surface area contributed by atoms with Crippen LogP contribution in [0.1, 0.15) is 39.5 Å². The summed E-state index contributed by atoms with van der Waals surface area (Å²) in [5, 5.41) is 44.0. The summed E-state index contributed by atoms with van der Waals surface area (Å²) in [7, 11) is 0. The number of rotatable bonds is 13. The number of nitrogens with zero attached hydrogens (tertiary/aromatic N) is 6. The Labute approximate surface area is 258 Å². The average Bonchev–Trinajstić information content (AvgIpc) is 3.45. The van der Waals surface area contributed by atoms with Crippen LogP contribution in [-0.4, -0.2) is 57.6 Å². The number of unbranched alkanes of at least 4 members (excludes halogenated alkanes) is 2. The van der Waals surface area contributed by atoms with E-state index in [1.807, 2.05) is 36.4 Å². The topological polar surface area (TPSA) is 133 Å². The molecule has 5 rings (SSSR count). The van der Waals surface area contributed by atoms with E-state index >= 15 is 0 Å². The Morgan fingerprint density at radius 2 is 1.05 bits per heavy atom. The van der Waals surface area contributed by atoms with Gasteiger partial charge in [-0.15, -0.1) is 0 Å². The molecule has 0 atom stereocenters. The molecule has 0 unspecified atom stereocenters. The molecular formula is C31H34N6O4S2. The summed E-state index contributed by atoms with van der Waals surface area (Å²) in [5.41, 5.74) is 1.22. The lowest BCUT2D eigenvalue weighted by Gasteiger charge is -2.22. The number of hydrogen-bond donors (Lipinski definition) is 4. The first-order chi connectivity index (χ1) is 20.9. The van der Waals surface area contributed by atoms with Crippen LogP contribution in [0.3, 0.4) is 0 Å². The van der Waals surface area contributed by atoms with Gasteiger partial charge in [-0.05, 0) is 60.6 Å². The van der Waals surface area contributed by atoms with E-state index in [1.165, 1.54) is 21.3 Å². The molecule has 0 amide bonds. The van der Waals surface area contributed by atoms with Gasteiger partial charge < -0.3 is 25.3 Å². The maximum atomic E-state index is 11.0. The van der Waals surface area contributed by atoms with Gasteiger partial charge >= 0.3 is 0 Å². The van der Waals surface area contributed by atoms with Crippen molar-refractivity contribution < 1.29 is 20.4 Å². The van der Waals surface area contributed by atoms with E-state index in [0.29, 0.717) is 37.4 Å². The summed E-state index contributed by atoms with van der Waals surface area (Å²) in [6.07, 6.45) is 3.95. The second-order valence-corrected chi connectivity index (χ2v) is 11.8. The zero-order valence-corrected chi connectivity index (χ0v) is 25.6. The van der Waals surface area contributed by atoms with E-state index in [1.54, 1.807) is 24.3 Å². The molecule has 0 fully saturated rings. The van der Waals surface area contributed by atoms with Crippen LogP contribution >= 0.6 is 23.5 Å². The Morgan fingerprint density at radius 3 is 1.44 bits per heavy atom.